The SMILES string of the molecule is CCC(CC)CC(NC)c1cccc(OC)c1. The lowest BCUT2D eigenvalue weighted by atomic mass is 9.91. The van der Waals surface area contributed by atoms with Gasteiger partial charge in [-0.1, -0.05) is 38.8 Å². The van der Waals surface area contributed by atoms with E-state index in [4.69, 9.17) is 4.74 Å². The largest absolute Gasteiger partial charge is 0.497 e. The lowest BCUT2D eigenvalue weighted by Gasteiger charge is -2.22. The molecule has 0 aromatic heterocycles. The van der Waals surface area contributed by atoms with Crippen LogP contribution in [0.4, 0.5) is 0 Å². The van der Waals surface area contributed by atoms with E-state index in [0.717, 1.165) is 11.7 Å². The highest BCUT2D eigenvalue weighted by Crippen LogP contribution is 2.27. The molecule has 0 fully saturated rings. The topological polar surface area (TPSA) is 21.3 Å². The summed E-state index contributed by atoms with van der Waals surface area (Å²) in [6.07, 6.45) is 3.69. The van der Waals surface area contributed by atoms with Crippen LogP contribution in [0.1, 0.15) is 44.7 Å². The zero-order valence-corrected chi connectivity index (χ0v) is 11.5. The van der Waals surface area contributed by atoms with Crippen molar-refractivity contribution in [2.24, 2.45) is 5.92 Å². The summed E-state index contributed by atoms with van der Waals surface area (Å²) in [6.45, 7) is 4.54. The number of benzene rings is 1. The highest BCUT2D eigenvalue weighted by atomic mass is 16.5. The Bertz CT molecular complexity index is 320. The van der Waals surface area contributed by atoms with Gasteiger partial charge in [-0.25, -0.2) is 0 Å². The summed E-state index contributed by atoms with van der Waals surface area (Å²) in [6, 6.07) is 8.78. The second-order valence-electron chi connectivity index (χ2n) is 4.54. The molecule has 2 heteroatoms. The molecule has 0 heterocycles. The van der Waals surface area contributed by atoms with Crippen LogP contribution in [0.3, 0.4) is 0 Å². The van der Waals surface area contributed by atoms with Crippen LogP contribution in [0.2, 0.25) is 0 Å². The van der Waals surface area contributed by atoms with E-state index in [1.807, 2.05) is 13.1 Å². The van der Waals surface area contributed by atoms with Gasteiger partial charge < -0.3 is 10.1 Å². The van der Waals surface area contributed by atoms with Crippen LogP contribution in [0.25, 0.3) is 0 Å². The molecule has 0 saturated carbocycles. The van der Waals surface area contributed by atoms with Gasteiger partial charge >= 0.3 is 0 Å². The van der Waals surface area contributed by atoms with Gasteiger partial charge in [-0.2, -0.15) is 0 Å². The summed E-state index contributed by atoms with van der Waals surface area (Å²) >= 11 is 0. The van der Waals surface area contributed by atoms with Gasteiger partial charge in [0.2, 0.25) is 0 Å². The van der Waals surface area contributed by atoms with Crippen molar-refractivity contribution in [3.63, 3.8) is 0 Å². The molecule has 0 aliphatic rings. The summed E-state index contributed by atoms with van der Waals surface area (Å²) < 4.78 is 5.28. The van der Waals surface area contributed by atoms with Crippen molar-refractivity contribution in [2.75, 3.05) is 14.2 Å². The standard InChI is InChI=1S/C15H25NO/c1-5-12(6-2)10-15(16-3)13-8-7-9-14(11-13)17-4/h7-9,11-12,15-16H,5-6,10H2,1-4H3. The first kappa shape index (κ1) is 14.0. The predicted molar refractivity (Wildman–Crippen MR) is 73.5 cm³/mol. The van der Waals surface area contributed by atoms with Crippen molar-refractivity contribution in [1.29, 1.82) is 0 Å². The molecule has 0 aliphatic heterocycles. The Hall–Kier alpha value is -1.02. The van der Waals surface area contributed by atoms with Gasteiger partial charge in [-0.3, -0.25) is 0 Å². The Morgan fingerprint density at radius 3 is 2.47 bits per heavy atom. The Morgan fingerprint density at radius 1 is 1.24 bits per heavy atom. The Morgan fingerprint density at radius 2 is 1.94 bits per heavy atom. The van der Waals surface area contributed by atoms with Crippen molar-refractivity contribution in [1.82, 2.24) is 5.32 Å². The minimum Gasteiger partial charge on any atom is -0.497 e. The smallest absolute Gasteiger partial charge is 0.119 e. The summed E-state index contributed by atoms with van der Waals surface area (Å²) in [5, 5.41) is 3.41. The fraction of sp³-hybridized carbons (Fsp3) is 0.600. The second kappa shape index (κ2) is 7.33. The number of hydrogen-bond donors (Lipinski definition) is 1. The van der Waals surface area contributed by atoms with E-state index >= 15 is 0 Å². The van der Waals surface area contributed by atoms with Crippen LogP contribution in [0, 0.1) is 5.92 Å². The Labute approximate surface area is 105 Å². The minimum atomic E-state index is 0.426. The van der Waals surface area contributed by atoms with Crippen LogP contribution < -0.4 is 10.1 Å². The zero-order chi connectivity index (χ0) is 12.7. The van der Waals surface area contributed by atoms with E-state index in [1.165, 1.54) is 24.8 Å². The zero-order valence-electron chi connectivity index (χ0n) is 11.5. The molecule has 0 radical (unpaired) electrons. The molecule has 1 atom stereocenters. The molecule has 0 aliphatic carbocycles. The van der Waals surface area contributed by atoms with Crippen LogP contribution >= 0.6 is 0 Å². The van der Waals surface area contributed by atoms with E-state index in [0.29, 0.717) is 6.04 Å². The van der Waals surface area contributed by atoms with E-state index in [1.54, 1.807) is 7.11 Å². The van der Waals surface area contributed by atoms with E-state index in [9.17, 15) is 0 Å². The normalized spacial score (nSPS) is 12.8. The fourth-order valence-electron chi connectivity index (χ4n) is 2.23. The van der Waals surface area contributed by atoms with E-state index in [-0.39, 0.29) is 0 Å². The molecule has 0 amide bonds. The average molecular weight is 235 g/mol. The molecule has 96 valence electrons. The molecule has 1 aromatic rings. The highest BCUT2D eigenvalue weighted by Gasteiger charge is 2.14. The average Bonchev–Trinajstić information content (AvgIpc) is 2.40. The maximum Gasteiger partial charge on any atom is 0.119 e. The first-order valence-electron chi connectivity index (χ1n) is 6.56. The van der Waals surface area contributed by atoms with Crippen molar-refractivity contribution >= 4 is 0 Å². The molecule has 1 unspecified atom stereocenters. The second-order valence-corrected chi connectivity index (χ2v) is 4.54. The van der Waals surface area contributed by atoms with Crippen molar-refractivity contribution < 1.29 is 4.74 Å². The van der Waals surface area contributed by atoms with Crippen LogP contribution in [-0.2, 0) is 0 Å². The van der Waals surface area contributed by atoms with Crippen LogP contribution in [-0.4, -0.2) is 14.2 Å². The molecule has 2 nitrogen and oxygen atoms in total. The third-order valence-corrected chi connectivity index (χ3v) is 3.57. The van der Waals surface area contributed by atoms with Gasteiger partial charge in [0.25, 0.3) is 0 Å². The quantitative estimate of drug-likeness (QED) is 0.776. The van der Waals surface area contributed by atoms with Gasteiger partial charge in [0.1, 0.15) is 5.75 Å². The first-order valence-corrected chi connectivity index (χ1v) is 6.56. The summed E-state index contributed by atoms with van der Waals surface area (Å²) in [7, 11) is 3.75. The lowest BCUT2D eigenvalue weighted by molar-refractivity contribution is 0.382. The maximum absolute atomic E-state index is 5.28. The molecule has 0 spiro atoms. The third kappa shape index (κ3) is 4.04. The fourth-order valence-corrected chi connectivity index (χ4v) is 2.23. The Balaban J connectivity index is 2.77. The maximum atomic E-state index is 5.28. The summed E-state index contributed by atoms with van der Waals surface area (Å²) in [4.78, 5) is 0. The van der Waals surface area contributed by atoms with Gasteiger partial charge in [-0.15, -0.1) is 0 Å². The molecular formula is C15H25NO. The molecule has 17 heavy (non-hydrogen) atoms. The summed E-state index contributed by atoms with van der Waals surface area (Å²) in [5.41, 5.74) is 1.32. The van der Waals surface area contributed by atoms with Gasteiger partial charge in [-0.05, 0) is 37.1 Å². The minimum absolute atomic E-state index is 0.426. The van der Waals surface area contributed by atoms with Gasteiger partial charge in [0.15, 0.2) is 0 Å². The number of hydrogen-bond acceptors (Lipinski definition) is 2. The lowest BCUT2D eigenvalue weighted by Crippen LogP contribution is -2.19. The molecule has 0 bridgehead atoms. The number of methoxy groups -OCH3 is 1. The monoisotopic (exact) mass is 235 g/mol. The van der Waals surface area contributed by atoms with Crippen molar-refractivity contribution in [2.45, 2.75) is 39.2 Å². The van der Waals surface area contributed by atoms with Crippen LogP contribution in [0.5, 0.6) is 5.75 Å². The first-order chi connectivity index (χ1) is 8.24. The van der Waals surface area contributed by atoms with Gasteiger partial charge in [0.05, 0.1) is 7.11 Å². The number of ether oxygens (including phenoxy) is 1. The van der Waals surface area contributed by atoms with E-state index in [2.05, 4.69) is 37.4 Å². The van der Waals surface area contributed by atoms with Crippen molar-refractivity contribution in [3.8, 4) is 5.75 Å². The molecule has 0 saturated heterocycles. The van der Waals surface area contributed by atoms with Crippen molar-refractivity contribution in [3.05, 3.63) is 29.8 Å². The number of rotatable bonds is 7. The van der Waals surface area contributed by atoms with Crippen LogP contribution in [0.15, 0.2) is 24.3 Å². The molecule has 1 rings (SSSR count). The molecule has 1 N–H and O–H groups in total. The highest BCUT2D eigenvalue weighted by molar-refractivity contribution is 5.30. The molecule has 1 aromatic carbocycles. The molecular weight excluding hydrogens is 210 g/mol. The van der Waals surface area contributed by atoms with E-state index < -0.39 is 0 Å². The number of nitrogens with one attached hydrogen (secondary N) is 1. The predicted octanol–water partition coefficient (Wildman–Crippen LogP) is 3.78. The summed E-state index contributed by atoms with van der Waals surface area (Å²) in [5.74, 6) is 1.73. The Kier molecular flexibility index (Phi) is 6.06. The van der Waals surface area contributed by atoms with Gasteiger partial charge in [0, 0.05) is 6.04 Å². The third-order valence-electron chi connectivity index (χ3n) is 3.57.